The van der Waals surface area contributed by atoms with Crippen molar-refractivity contribution in [2.24, 2.45) is 0 Å². The fourth-order valence-corrected chi connectivity index (χ4v) is 1.74. The predicted molar refractivity (Wildman–Crippen MR) is 67.4 cm³/mol. The molecule has 0 saturated heterocycles. The summed E-state index contributed by atoms with van der Waals surface area (Å²) in [5.74, 6) is -0.815. The van der Waals surface area contributed by atoms with E-state index < -0.39 is 11.6 Å². The van der Waals surface area contributed by atoms with Gasteiger partial charge in [0.25, 0.3) is 0 Å². The summed E-state index contributed by atoms with van der Waals surface area (Å²) in [7, 11) is 0. The molecular formula is C13H21NO4. The van der Waals surface area contributed by atoms with Crippen molar-refractivity contribution in [1.29, 1.82) is 0 Å². The molecule has 18 heavy (non-hydrogen) atoms. The Hall–Kier alpha value is -1.52. The third-order valence-electron chi connectivity index (χ3n) is 2.54. The molecule has 0 aromatic rings. The first-order valence-electron chi connectivity index (χ1n) is 6.15. The van der Waals surface area contributed by atoms with Crippen LogP contribution in [0.3, 0.4) is 0 Å². The van der Waals surface area contributed by atoms with Gasteiger partial charge < -0.3 is 14.7 Å². The van der Waals surface area contributed by atoms with Crippen LogP contribution in [0, 0.1) is 0 Å². The highest BCUT2D eigenvalue weighted by Crippen LogP contribution is 2.17. The molecule has 1 amide bonds. The van der Waals surface area contributed by atoms with Crippen LogP contribution in [0.5, 0.6) is 0 Å². The highest BCUT2D eigenvalue weighted by Gasteiger charge is 2.24. The van der Waals surface area contributed by atoms with E-state index in [1.54, 1.807) is 4.90 Å². The van der Waals surface area contributed by atoms with E-state index in [1.165, 1.54) is 0 Å². The van der Waals surface area contributed by atoms with Crippen LogP contribution in [0.4, 0.5) is 4.79 Å². The van der Waals surface area contributed by atoms with Gasteiger partial charge in [-0.1, -0.05) is 11.6 Å². The molecule has 0 aliphatic carbocycles. The number of carbonyl (C=O) groups excluding carboxylic acids is 1. The SMILES string of the molecule is CC(C)(C)OC(=O)N1CCC=C(CCC(=O)O)C1. The van der Waals surface area contributed by atoms with Crippen molar-refractivity contribution in [3.8, 4) is 0 Å². The summed E-state index contributed by atoms with van der Waals surface area (Å²) in [4.78, 5) is 24.0. The van der Waals surface area contributed by atoms with E-state index in [9.17, 15) is 9.59 Å². The second kappa shape index (κ2) is 5.89. The lowest BCUT2D eigenvalue weighted by Crippen LogP contribution is -2.40. The second-order valence-electron chi connectivity index (χ2n) is 5.45. The average molecular weight is 255 g/mol. The molecule has 0 atom stereocenters. The van der Waals surface area contributed by atoms with E-state index in [0.717, 1.165) is 12.0 Å². The first-order chi connectivity index (χ1) is 8.28. The topological polar surface area (TPSA) is 66.8 Å². The molecule has 102 valence electrons. The lowest BCUT2D eigenvalue weighted by Gasteiger charge is -2.30. The lowest BCUT2D eigenvalue weighted by molar-refractivity contribution is -0.136. The Balaban J connectivity index is 2.49. The zero-order valence-electron chi connectivity index (χ0n) is 11.2. The van der Waals surface area contributed by atoms with Gasteiger partial charge in [0.1, 0.15) is 5.60 Å². The number of carboxylic acid groups (broad SMARTS) is 1. The van der Waals surface area contributed by atoms with Crippen molar-refractivity contribution in [2.75, 3.05) is 13.1 Å². The van der Waals surface area contributed by atoms with Gasteiger partial charge in [0.15, 0.2) is 0 Å². The Kier molecular flexibility index (Phi) is 4.76. The number of rotatable bonds is 3. The van der Waals surface area contributed by atoms with E-state index in [0.29, 0.717) is 19.5 Å². The largest absolute Gasteiger partial charge is 0.481 e. The maximum Gasteiger partial charge on any atom is 0.410 e. The summed E-state index contributed by atoms with van der Waals surface area (Å²) in [5.41, 5.74) is 0.494. The maximum atomic E-state index is 11.9. The van der Waals surface area contributed by atoms with Gasteiger partial charge in [-0.05, 0) is 33.6 Å². The average Bonchev–Trinajstić information content (AvgIpc) is 2.24. The normalized spacial score (nSPS) is 16.2. The quantitative estimate of drug-likeness (QED) is 0.786. The highest BCUT2D eigenvalue weighted by molar-refractivity contribution is 5.69. The number of hydrogen-bond donors (Lipinski definition) is 1. The van der Waals surface area contributed by atoms with Gasteiger partial charge in [0.05, 0.1) is 0 Å². The van der Waals surface area contributed by atoms with Crippen molar-refractivity contribution < 1.29 is 19.4 Å². The first-order valence-corrected chi connectivity index (χ1v) is 6.15. The smallest absolute Gasteiger partial charge is 0.410 e. The minimum absolute atomic E-state index is 0.105. The monoisotopic (exact) mass is 255 g/mol. The summed E-state index contributed by atoms with van der Waals surface area (Å²) in [6, 6.07) is 0. The number of carbonyl (C=O) groups is 2. The molecule has 5 nitrogen and oxygen atoms in total. The van der Waals surface area contributed by atoms with Crippen molar-refractivity contribution >= 4 is 12.1 Å². The molecule has 1 aliphatic rings. The number of carboxylic acids is 1. The Morgan fingerprint density at radius 1 is 1.44 bits per heavy atom. The molecule has 1 heterocycles. The molecule has 0 unspecified atom stereocenters. The molecular weight excluding hydrogens is 234 g/mol. The Bertz CT molecular complexity index is 354. The molecule has 0 aromatic heterocycles. The van der Waals surface area contributed by atoms with Crippen LogP contribution >= 0.6 is 0 Å². The van der Waals surface area contributed by atoms with E-state index >= 15 is 0 Å². The zero-order chi connectivity index (χ0) is 13.8. The van der Waals surface area contributed by atoms with Gasteiger partial charge in [0.2, 0.25) is 0 Å². The predicted octanol–water partition coefficient (Wildman–Crippen LogP) is 2.42. The van der Waals surface area contributed by atoms with E-state index in [4.69, 9.17) is 9.84 Å². The molecule has 0 radical (unpaired) electrons. The molecule has 5 heteroatoms. The minimum atomic E-state index is -0.815. The molecule has 0 saturated carbocycles. The van der Waals surface area contributed by atoms with Crippen molar-refractivity contribution in [3.63, 3.8) is 0 Å². The van der Waals surface area contributed by atoms with Gasteiger partial charge in [-0.3, -0.25) is 4.79 Å². The van der Waals surface area contributed by atoms with Crippen molar-refractivity contribution in [2.45, 2.75) is 45.6 Å². The van der Waals surface area contributed by atoms with Gasteiger partial charge in [-0.15, -0.1) is 0 Å². The van der Waals surface area contributed by atoms with Gasteiger partial charge >= 0.3 is 12.1 Å². The second-order valence-corrected chi connectivity index (χ2v) is 5.45. The standard InChI is InChI=1S/C13H21NO4/c1-13(2,3)18-12(17)14-8-4-5-10(9-14)6-7-11(15)16/h5H,4,6-9H2,1-3H3,(H,15,16). The van der Waals surface area contributed by atoms with Gasteiger partial charge in [-0.25, -0.2) is 4.79 Å². The van der Waals surface area contributed by atoms with Crippen LogP contribution in [-0.4, -0.2) is 40.8 Å². The summed E-state index contributed by atoms with van der Waals surface area (Å²) in [5, 5.41) is 8.64. The minimum Gasteiger partial charge on any atom is -0.481 e. The third kappa shape index (κ3) is 5.21. The van der Waals surface area contributed by atoms with Crippen LogP contribution in [0.15, 0.2) is 11.6 Å². The number of nitrogens with zero attached hydrogens (tertiary/aromatic N) is 1. The van der Waals surface area contributed by atoms with Crippen LogP contribution in [-0.2, 0) is 9.53 Å². The number of amides is 1. The fourth-order valence-electron chi connectivity index (χ4n) is 1.74. The molecule has 0 aromatic carbocycles. The third-order valence-corrected chi connectivity index (χ3v) is 2.54. The molecule has 0 fully saturated rings. The first kappa shape index (κ1) is 14.5. The number of hydrogen-bond acceptors (Lipinski definition) is 3. The van der Waals surface area contributed by atoms with Gasteiger partial charge in [0, 0.05) is 19.5 Å². The van der Waals surface area contributed by atoms with E-state index in [-0.39, 0.29) is 12.5 Å². The fraction of sp³-hybridized carbons (Fsp3) is 0.692. The van der Waals surface area contributed by atoms with Crippen LogP contribution in [0.25, 0.3) is 0 Å². The van der Waals surface area contributed by atoms with Crippen molar-refractivity contribution in [3.05, 3.63) is 11.6 Å². The molecule has 1 aliphatic heterocycles. The van der Waals surface area contributed by atoms with E-state index in [1.807, 2.05) is 26.8 Å². The summed E-state index contributed by atoms with van der Waals surface area (Å²) >= 11 is 0. The molecule has 0 bridgehead atoms. The lowest BCUT2D eigenvalue weighted by atomic mass is 10.1. The molecule has 0 spiro atoms. The molecule has 1 rings (SSSR count). The highest BCUT2D eigenvalue weighted by atomic mass is 16.6. The van der Waals surface area contributed by atoms with Gasteiger partial charge in [-0.2, -0.15) is 0 Å². The Morgan fingerprint density at radius 2 is 2.11 bits per heavy atom. The zero-order valence-corrected chi connectivity index (χ0v) is 11.2. The maximum absolute atomic E-state index is 11.9. The Labute approximate surface area is 107 Å². The van der Waals surface area contributed by atoms with Crippen LogP contribution in [0.2, 0.25) is 0 Å². The van der Waals surface area contributed by atoms with Crippen LogP contribution < -0.4 is 0 Å². The van der Waals surface area contributed by atoms with Crippen LogP contribution in [0.1, 0.15) is 40.0 Å². The number of aliphatic carboxylic acids is 1. The number of ether oxygens (including phenoxy) is 1. The summed E-state index contributed by atoms with van der Waals surface area (Å²) in [6.45, 7) is 6.59. The van der Waals surface area contributed by atoms with Crippen molar-refractivity contribution in [1.82, 2.24) is 4.90 Å². The molecule has 1 N–H and O–H groups in total. The summed E-state index contributed by atoms with van der Waals surface area (Å²) < 4.78 is 5.29. The van der Waals surface area contributed by atoms with E-state index in [2.05, 4.69) is 0 Å². The summed E-state index contributed by atoms with van der Waals surface area (Å²) in [6.07, 6.45) is 3.05. The Morgan fingerprint density at radius 3 is 2.67 bits per heavy atom.